The molecule has 0 fully saturated rings. The number of aliphatic hydroxyl groups is 1. The number of hydrogen-bond donors (Lipinski definition) is 2. The quantitative estimate of drug-likeness (QED) is 0.548. The summed E-state index contributed by atoms with van der Waals surface area (Å²) in [6, 6.07) is 17.1. The van der Waals surface area contributed by atoms with Crippen LogP contribution in [0.4, 0.5) is 5.69 Å². The Hall–Kier alpha value is -2.53. The minimum atomic E-state index is -0.0460. The van der Waals surface area contributed by atoms with E-state index in [1.807, 2.05) is 48.5 Å². The molecule has 0 aliphatic carbocycles. The Morgan fingerprint density at radius 2 is 1.79 bits per heavy atom. The summed E-state index contributed by atoms with van der Waals surface area (Å²) in [5.74, 6) is 0.652. The van der Waals surface area contributed by atoms with Crippen LogP contribution in [0.15, 0.2) is 54.6 Å². The van der Waals surface area contributed by atoms with Gasteiger partial charge in [0.15, 0.2) is 0 Å². The van der Waals surface area contributed by atoms with Crippen molar-refractivity contribution in [2.45, 2.75) is 19.4 Å². The van der Waals surface area contributed by atoms with Crippen molar-refractivity contribution in [3.8, 4) is 5.75 Å². The Balaban J connectivity index is 1.79. The van der Waals surface area contributed by atoms with Gasteiger partial charge < -0.3 is 20.5 Å². The molecule has 0 heterocycles. The number of aliphatic hydroxyl groups excluding tert-OH is 1. The van der Waals surface area contributed by atoms with Gasteiger partial charge in [-0.1, -0.05) is 42.5 Å². The molecule has 5 heteroatoms. The van der Waals surface area contributed by atoms with Crippen molar-refractivity contribution in [2.75, 3.05) is 25.5 Å². The molecule has 0 radical (unpaired) electrons. The fraction of sp³-hybridized carbons (Fsp3) is 0.316. The standard InChI is InChI=1S/C19H24N2O3/c20-17-9-4-5-10-18(17)24-14-6-11-19(23)21(12-13-22)15-16-7-2-1-3-8-16/h1-5,7-10,22H,6,11-15,20H2. The molecule has 24 heavy (non-hydrogen) atoms. The lowest BCUT2D eigenvalue weighted by molar-refractivity contribution is -0.132. The van der Waals surface area contributed by atoms with Crippen molar-refractivity contribution in [2.24, 2.45) is 0 Å². The maximum Gasteiger partial charge on any atom is 0.223 e. The Labute approximate surface area is 142 Å². The van der Waals surface area contributed by atoms with E-state index in [9.17, 15) is 9.90 Å². The fourth-order valence-corrected chi connectivity index (χ4v) is 2.39. The SMILES string of the molecule is Nc1ccccc1OCCCC(=O)N(CCO)Cc1ccccc1. The van der Waals surface area contributed by atoms with Crippen LogP contribution in [0.3, 0.4) is 0 Å². The summed E-state index contributed by atoms with van der Waals surface area (Å²) in [5.41, 5.74) is 7.45. The topological polar surface area (TPSA) is 75.8 Å². The van der Waals surface area contributed by atoms with E-state index >= 15 is 0 Å². The maximum atomic E-state index is 12.4. The third-order valence-electron chi connectivity index (χ3n) is 3.65. The lowest BCUT2D eigenvalue weighted by Crippen LogP contribution is -2.33. The zero-order valence-electron chi connectivity index (χ0n) is 13.7. The minimum absolute atomic E-state index is 0.0116. The molecule has 0 spiro atoms. The molecular formula is C19H24N2O3. The Morgan fingerprint density at radius 1 is 1.08 bits per heavy atom. The summed E-state index contributed by atoms with van der Waals surface area (Å²) in [5, 5.41) is 9.18. The summed E-state index contributed by atoms with van der Waals surface area (Å²) in [7, 11) is 0. The van der Waals surface area contributed by atoms with Gasteiger partial charge in [0.1, 0.15) is 5.75 Å². The monoisotopic (exact) mass is 328 g/mol. The Bertz CT molecular complexity index is 632. The smallest absolute Gasteiger partial charge is 0.223 e. The summed E-state index contributed by atoms with van der Waals surface area (Å²) >= 11 is 0. The molecule has 0 aromatic heterocycles. The van der Waals surface area contributed by atoms with Gasteiger partial charge in [-0.05, 0) is 24.1 Å². The van der Waals surface area contributed by atoms with Crippen molar-refractivity contribution in [3.05, 3.63) is 60.2 Å². The fourth-order valence-electron chi connectivity index (χ4n) is 2.39. The van der Waals surface area contributed by atoms with Crippen LogP contribution < -0.4 is 10.5 Å². The Morgan fingerprint density at radius 3 is 2.50 bits per heavy atom. The molecule has 3 N–H and O–H groups in total. The first-order chi connectivity index (χ1) is 11.7. The first-order valence-corrected chi connectivity index (χ1v) is 8.10. The lowest BCUT2D eigenvalue weighted by Gasteiger charge is -2.22. The van der Waals surface area contributed by atoms with Gasteiger partial charge in [0.2, 0.25) is 5.91 Å². The molecule has 128 valence electrons. The van der Waals surface area contributed by atoms with E-state index in [4.69, 9.17) is 10.5 Å². The van der Waals surface area contributed by atoms with E-state index in [1.54, 1.807) is 11.0 Å². The van der Waals surface area contributed by atoms with Crippen molar-refractivity contribution in [1.82, 2.24) is 4.90 Å². The largest absolute Gasteiger partial charge is 0.491 e. The molecule has 1 amide bonds. The van der Waals surface area contributed by atoms with Gasteiger partial charge in [0.05, 0.1) is 18.9 Å². The number of nitrogen functional groups attached to an aromatic ring is 1. The van der Waals surface area contributed by atoms with Gasteiger partial charge in [-0.3, -0.25) is 4.79 Å². The number of anilines is 1. The number of amides is 1. The number of carbonyl (C=O) groups is 1. The van der Waals surface area contributed by atoms with Gasteiger partial charge in [-0.15, -0.1) is 0 Å². The van der Waals surface area contributed by atoms with Crippen molar-refractivity contribution in [1.29, 1.82) is 0 Å². The van der Waals surface area contributed by atoms with Crippen LogP contribution >= 0.6 is 0 Å². The molecule has 0 unspecified atom stereocenters. The van der Waals surface area contributed by atoms with Crippen molar-refractivity contribution >= 4 is 11.6 Å². The predicted molar refractivity (Wildman–Crippen MR) is 94.5 cm³/mol. The highest BCUT2D eigenvalue weighted by molar-refractivity contribution is 5.76. The number of para-hydroxylation sites is 2. The zero-order valence-corrected chi connectivity index (χ0v) is 13.7. The molecule has 0 bridgehead atoms. The van der Waals surface area contributed by atoms with E-state index in [2.05, 4.69) is 0 Å². The van der Waals surface area contributed by atoms with Gasteiger partial charge >= 0.3 is 0 Å². The number of carbonyl (C=O) groups excluding carboxylic acids is 1. The number of ether oxygens (including phenoxy) is 1. The lowest BCUT2D eigenvalue weighted by atomic mass is 10.2. The summed E-state index contributed by atoms with van der Waals surface area (Å²) in [4.78, 5) is 14.0. The van der Waals surface area contributed by atoms with E-state index in [0.29, 0.717) is 44.0 Å². The highest BCUT2D eigenvalue weighted by Gasteiger charge is 2.13. The molecule has 0 saturated carbocycles. The van der Waals surface area contributed by atoms with Crippen LogP contribution in [0.2, 0.25) is 0 Å². The normalized spacial score (nSPS) is 10.4. The molecule has 2 aromatic carbocycles. The van der Waals surface area contributed by atoms with E-state index in [0.717, 1.165) is 5.56 Å². The summed E-state index contributed by atoms with van der Waals surface area (Å²) < 4.78 is 5.60. The molecule has 0 saturated heterocycles. The van der Waals surface area contributed by atoms with Crippen LogP contribution in [0.5, 0.6) is 5.75 Å². The number of nitrogens with two attached hydrogens (primary N) is 1. The minimum Gasteiger partial charge on any atom is -0.491 e. The average Bonchev–Trinajstić information content (AvgIpc) is 2.60. The van der Waals surface area contributed by atoms with Crippen molar-refractivity contribution in [3.63, 3.8) is 0 Å². The zero-order chi connectivity index (χ0) is 17.2. The molecule has 2 aromatic rings. The summed E-state index contributed by atoms with van der Waals surface area (Å²) in [6.07, 6.45) is 0.976. The third-order valence-corrected chi connectivity index (χ3v) is 3.65. The second-order valence-corrected chi connectivity index (χ2v) is 5.51. The van der Waals surface area contributed by atoms with Crippen LogP contribution in [-0.4, -0.2) is 35.7 Å². The number of benzene rings is 2. The molecule has 0 aliphatic heterocycles. The molecule has 0 atom stereocenters. The molecular weight excluding hydrogens is 304 g/mol. The third kappa shape index (κ3) is 5.59. The Kier molecular flexibility index (Phi) is 7.11. The van der Waals surface area contributed by atoms with Gasteiger partial charge in [0, 0.05) is 19.5 Å². The van der Waals surface area contributed by atoms with Gasteiger partial charge in [-0.2, -0.15) is 0 Å². The van der Waals surface area contributed by atoms with Crippen LogP contribution in [0.1, 0.15) is 18.4 Å². The summed E-state index contributed by atoms with van der Waals surface area (Å²) in [6.45, 7) is 1.22. The van der Waals surface area contributed by atoms with E-state index in [-0.39, 0.29) is 12.5 Å². The van der Waals surface area contributed by atoms with Gasteiger partial charge in [-0.25, -0.2) is 0 Å². The van der Waals surface area contributed by atoms with Crippen molar-refractivity contribution < 1.29 is 14.6 Å². The van der Waals surface area contributed by atoms with E-state index < -0.39 is 0 Å². The van der Waals surface area contributed by atoms with Crippen LogP contribution in [0.25, 0.3) is 0 Å². The first kappa shape index (κ1) is 17.8. The molecule has 5 nitrogen and oxygen atoms in total. The van der Waals surface area contributed by atoms with E-state index in [1.165, 1.54) is 0 Å². The number of nitrogens with zero attached hydrogens (tertiary/aromatic N) is 1. The second-order valence-electron chi connectivity index (χ2n) is 5.51. The number of hydrogen-bond acceptors (Lipinski definition) is 4. The molecule has 0 aliphatic rings. The highest BCUT2D eigenvalue weighted by atomic mass is 16.5. The highest BCUT2D eigenvalue weighted by Crippen LogP contribution is 2.20. The maximum absolute atomic E-state index is 12.4. The average molecular weight is 328 g/mol. The molecule has 2 rings (SSSR count). The number of rotatable bonds is 9. The van der Waals surface area contributed by atoms with Crippen LogP contribution in [0, 0.1) is 0 Å². The second kappa shape index (κ2) is 9.57. The van der Waals surface area contributed by atoms with Crippen LogP contribution in [-0.2, 0) is 11.3 Å². The predicted octanol–water partition coefficient (Wildman–Crippen LogP) is 2.45. The first-order valence-electron chi connectivity index (χ1n) is 8.10. The van der Waals surface area contributed by atoms with Gasteiger partial charge in [0.25, 0.3) is 0 Å².